The minimum absolute atomic E-state index is 0. The molecule has 2 aliphatic rings. The summed E-state index contributed by atoms with van der Waals surface area (Å²) < 4.78 is 1.31. The Labute approximate surface area is 173 Å². The Morgan fingerprint density at radius 2 is 1.97 bits per heavy atom. The Bertz CT molecular complexity index is 994. The lowest BCUT2D eigenvalue weighted by molar-refractivity contribution is -0.384. The topological polar surface area (TPSA) is 110 Å². The number of amides is 1. The molecule has 2 fully saturated rings. The zero-order valence-electron chi connectivity index (χ0n) is 15.9. The van der Waals surface area contributed by atoms with Gasteiger partial charge in [-0.2, -0.15) is 5.10 Å². The molecule has 154 valence electrons. The number of fused-ring (bicyclic) bond motifs is 2. The smallest absolute Gasteiger partial charge is 0.294 e. The third kappa shape index (κ3) is 3.75. The van der Waals surface area contributed by atoms with Gasteiger partial charge < -0.3 is 10.2 Å². The van der Waals surface area contributed by atoms with E-state index in [-0.39, 0.29) is 41.6 Å². The molecule has 1 aromatic carbocycles. The molecule has 10 heteroatoms. The molecule has 0 saturated carbocycles. The first-order chi connectivity index (χ1) is 13.5. The van der Waals surface area contributed by atoms with E-state index in [1.165, 1.54) is 16.8 Å². The molecule has 29 heavy (non-hydrogen) atoms. The van der Waals surface area contributed by atoms with E-state index < -0.39 is 16.3 Å². The molecular formula is C19H22ClN5O4. The Morgan fingerprint density at radius 1 is 1.24 bits per heavy atom. The zero-order chi connectivity index (χ0) is 19.8. The summed E-state index contributed by atoms with van der Waals surface area (Å²) >= 11 is 0. The highest BCUT2D eigenvalue weighted by Crippen LogP contribution is 2.29. The van der Waals surface area contributed by atoms with Crippen molar-refractivity contribution in [2.24, 2.45) is 0 Å². The first kappa shape index (κ1) is 20.9. The summed E-state index contributed by atoms with van der Waals surface area (Å²) in [5.41, 5.74) is -0.147. The normalized spacial score (nSPS) is 20.7. The van der Waals surface area contributed by atoms with Crippen LogP contribution in [0.1, 0.15) is 35.4 Å². The molecule has 1 N–H and O–H groups in total. The van der Waals surface area contributed by atoms with Gasteiger partial charge in [0.2, 0.25) is 5.43 Å². The first-order valence-corrected chi connectivity index (χ1v) is 9.35. The molecule has 9 nitrogen and oxygen atoms in total. The average Bonchev–Trinajstić information content (AvgIpc) is 2.94. The molecule has 1 aromatic heterocycles. The number of hydrogen-bond donors (Lipinski definition) is 1. The van der Waals surface area contributed by atoms with Crippen molar-refractivity contribution in [3.63, 3.8) is 0 Å². The number of hydrogen-bond acceptors (Lipinski definition) is 6. The highest BCUT2D eigenvalue weighted by molar-refractivity contribution is 5.93. The van der Waals surface area contributed by atoms with Gasteiger partial charge >= 0.3 is 0 Å². The Kier molecular flexibility index (Phi) is 5.99. The van der Waals surface area contributed by atoms with Gasteiger partial charge in [-0.1, -0.05) is 12.1 Å². The lowest BCUT2D eigenvalue weighted by atomic mass is 10.1. The van der Waals surface area contributed by atoms with Crippen LogP contribution >= 0.6 is 12.4 Å². The van der Waals surface area contributed by atoms with Crippen LogP contribution in [-0.2, 0) is 0 Å². The molecule has 2 bridgehead atoms. The van der Waals surface area contributed by atoms with Crippen LogP contribution in [0.2, 0.25) is 0 Å². The van der Waals surface area contributed by atoms with Crippen LogP contribution in [-0.4, -0.2) is 50.7 Å². The monoisotopic (exact) mass is 419 g/mol. The molecule has 3 heterocycles. The van der Waals surface area contributed by atoms with Crippen LogP contribution in [0.15, 0.2) is 35.1 Å². The van der Waals surface area contributed by atoms with Gasteiger partial charge in [0.1, 0.15) is 5.69 Å². The summed E-state index contributed by atoms with van der Waals surface area (Å²) in [4.78, 5) is 38.5. The third-order valence-corrected chi connectivity index (χ3v) is 5.51. The summed E-state index contributed by atoms with van der Waals surface area (Å²) in [5.74, 6) is -0.395. The number of nitrogens with zero attached hydrogens (tertiary/aromatic N) is 4. The Balaban J connectivity index is 0.00000240. The molecule has 2 unspecified atom stereocenters. The number of halogens is 1. The standard InChI is InChI=1S/C19H21N5O4.ClH/c1-12-10-17(25)18(19(26)22-13-6-7-14(22)11-20-9-8-13)21-23(12)15-4-2-3-5-16(15)24(27)28;/h2-5,10,13-14,20H,6-9,11H2,1H3;1H. The predicted molar refractivity (Wildman–Crippen MR) is 109 cm³/mol. The largest absolute Gasteiger partial charge is 0.330 e. The first-order valence-electron chi connectivity index (χ1n) is 9.35. The number of nitro groups is 1. The van der Waals surface area contributed by atoms with E-state index in [0.717, 1.165) is 25.8 Å². The summed E-state index contributed by atoms with van der Waals surface area (Å²) in [5, 5.41) is 19.0. The minimum atomic E-state index is -0.503. The maximum absolute atomic E-state index is 13.2. The fourth-order valence-electron chi connectivity index (χ4n) is 4.17. The van der Waals surface area contributed by atoms with E-state index >= 15 is 0 Å². The zero-order valence-corrected chi connectivity index (χ0v) is 16.7. The Morgan fingerprint density at radius 3 is 2.72 bits per heavy atom. The molecule has 4 rings (SSSR count). The van der Waals surface area contributed by atoms with E-state index in [4.69, 9.17) is 0 Å². The molecular weight excluding hydrogens is 398 g/mol. The number of aryl methyl sites for hydroxylation is 1. The van der Waals surface area contributed by atoms with Crippen molar-refractivity contribution in [1.29, 1.82) is 0 Å². The SMILES string of the molecule is Cc1cc(=O)c(C(=O)N2C3CCNCC2CC3)nn1-c1ccccc1[N+](=O)[O-].Cl. The van der Waals surface area contributed by atoms with Crippen molar-refractivity contribution in [3.05, 3.63) is 62.1 Å². The second-order valence-corrected chi connectivity index (χ2v) is 7.25. The number of benzene rings is 1. The van der Waals surface area contributed by atoms with Crippen molar-refractivity contribution in [1.82, 2.24) is 20.0 Å². The maximum Gasteiger partial charge on any atom is 0.294 e. The van der Waals surface area contributed by atoms with E-state index in [9.17, 15) is 19.7 Å². The number of carbonyl (C=O) groups is 1. The number of carbonyl (C=O) groups excluding carboxylic acids is 1. The van der Waals surface area contributed by atoms with Crippen LogP contribution < -0.4 is 10.7 Å². The van der Waals surface area contributed by atoms with Gasteiger partial charge in [0.15, 0.2) is 5.69 Å². The van der Waals surface area contributed by atoms with E-state index in [1.807, 2.05) is 0 Å². The van der Waals surface area contributed by atoms with Gasteiger partial charge in [-0.15, -0.1) is 12.4 Å². The second kappa shape index (κ2) is 8.30. The highest BCUT2D eigenvalue weighted by Gasteiger charge is 2.39. The number of aromatic nitrogens is 2. The van der Waals surface area contributed by atoms with Crippen LogP contribution in [0.4, 0.5) is 5.69 Å². The quantitative estimate of drug-likeness (QED) is 0.600. The molecule has 0 aliphatic carbocycles. The fourth-order valence-corrected chi connectivity index (χ4v) is 4.17. The summed E-state index contributed by atoms with van der Waals surface area (Å²) in [6.07, 6.45) is 2.66. The van der Waals surface area contributed by atoms with Gasteiger partial charge in [-0.05, 0) is 38.8 Å². The summed E-state index contributed by atoms with van der Waals surface area (Å²) in [7, 11) is 0. The van der Waals surface area contributed by atoms with Crippen molar-refractivity contribution in [2.75, 3.05) is 13.1 Å². The van der Waals surface area contributed by atoms with Crippen LogP contribution in [0.25, 0.3) is 5.69 Å². The van der Waals surface area contributed by atoms with Crippen molar-refractivity contribution >= 4 is 24.0 Å². The molecule has 2 aromatic rings. The summed E-state index contributed by atoms with van der Waals surface area (Å²) in [6, 6.07) is 7.59. The fraction of sp³-hybridized carbons (Fsp3) is 0.421. The van der Waals surface area contributed by atoms with Gasteiger partial charge in [-0.25, -0.2) is 4.68 Å². The van der Waals surface area contributed by atoms with Crippen LogP contribution in [0, 0.1) is 17.0 Å². The van der Waals surface area contributed by atoms with E-state index in [2.05, 4.69) is 10.4 Å². The number of nitrogens with one attached hydrogen (secondary N) is 1. The van der Waals surface area contributed by atoms with Crippen molar-refractivity contribution in [2.45, 2.75) is 38.3 Å². The Hall–Kier alpha value is -2.78. The third-order valence-electron chi connectivity index (χ3n) is 5.51. The van der Waals surface area contributed by atoms with Crippen LogP contribution in [0.5, 0.6) is 0 Å². The maximum atomic E-state index is 13.2. The second-order valence-electron chi connectivity index (χ2n) is 7.25. The molecule has 2 atom stereocenters. The van der Waals surface area contributed by atoms with Gasteiger partial charge in [0, 0.05) is 36.5 Å². The summed E-state index contributed by atoms with van der Waals surface area (Å²) in [6.45, 7) is 3.18. The molecule has 2 saturated heterocycles. The number of rotatable bonds is 3. The minimum Gasteiger partial charge on any atom is -0.330 e. The molecule has 0 radical (unpaired) electrons. The van der Waals surface area contributed by atoms with Crippen molar-refractivity contribution in [3.8, 4) is 5.69 Å². The predicted octanol–water partition coefficient (Wildman–Crippen LogP) is 1.84. The van der Waals surface area contributed by atoms with Gasteiger partial charge in [-0.3, -0.25) is 19.7 Å². The van der Waals surface area contributed by atoms with Crippen LogP contribution in [0.3, 0.4) is 0 Å². The van der Waals surface area contributed by atoms with Crippen molar-refractivity contribution < 1.29 is 9.72 Å². The molecule has 0 spiro atoms. The average molecular weight is 420 g/mol. The van der Waals surface area contributed by atoms with E-state index in [0.29, 0.717) is 12.2 Å². The lowest BCUT2D eigenvalue weighted by Crippen LogP contribution is -2.45. The van der Waals surface area contributed by atoms with E-state index in [1.54, 1.807) is 30.0 Å². The number of para-hydroxylation sites is 2. The van der Waals surface area contributed by atoms with Gasteiger partial charge in [0.25, 0.3) is 11.6 Å². The van der Waals surface area contributed by atoms with Gasteiger partial charge in [0.05, 0.1) is 4.92 Å². The molecule has 1 amide bonds. The number of nitro benzene ring substituents is 1. The lowest BCUT2D eigenvalue weighted by Gasteiger charge is -2.27. The molecule has 2 aliphatic heterocycles. The highest BCUT2D eigenvalue weighted by atomic mass is 35.5.